The summed E-state index contributed by atoms with van der Waals surface area (Å²) < 4.78 is 5.19. The number of methoxy groups -OCH3 is 1. The van der Waals surface area contributed by atoms with Gasteiger partial charge in [0.2, 0.25) is 0 Å². The van der Waals surface area contributed by atoms with Crippen molar-refractivity contribution >= 4 is 29.1 Å². The van der Waals surface area contributed by atoms with Crippen molar-refractivity contribution in [3.63, 3.8) is 0 Å². The normalized spacial score (nSPS) is 10.0. The quantitative estimate of drug-likeness (QED) is 0.846. The number of halogens is 1. The van der Waals surface area contributed by atoms with Gasteiger partial charge in [-0.1, -0.05) is 35.4 Å². The Kier molecular flexibility index (Phi) is 5.60. The molecule has 0 aromatic heterocycles. The van der Waals surface area contributed by atoms with Crippen LogP contribution in [-0.4, -0.2) is 18.9 Å². The fraction of sp³-hybridized carbons (Fsp3) is 0.176. The number of carbonyl (C=O) groups is 2. The van der Waals surface area contributed by atoms with Crippen LogP contribution < -0.4 is 15.4 Å². The molecule has 0 aliphatic rings. The van der Waals surface area contributed by atoms with E-state index < -0.39 is 11.8 Å². The highest BCUT2D eigenvalue weighted by Crippen LogP contribution is 2.22. The SMILES string of the molecule is COc1cc(Cl)ccc1CNC(=O)C(=O)Nc1ccc(C)cc1. The third-order valence-electron chi connectivity index (χ3n) is 3.20. The molecule has 23 heavy (non-hydrogen) atoms. The molecular formula is C17H17ClN2O3. The van der Waals surface area contributed by atoms with Crippen molar-refractivity contribution in [1.29, 1.82) is 0 Å². The van der Waals surface area contributed by atoms with E-state index in [0.717, 1.165) is 11.1 Å². The fourth-order valence-electron chi connectivity index (χ4n) is 1.94. The van der Waals surface area contributed by atoms with Crippen molar-refractivity contribution in [3.8, 4) is 5.75 Å². The van der Waals surface area contributed by atoms with Gasteiger partial charge < -0.3 is 15.4 Å². The summed E-state index contributed by atoms with van der Waals surface area (Å²) in [7, 11) is 1.51. The van der Waals surface area contributed by atoms with E-state index in [1.165, 1.54) is 7.11 Å². The van der Waals surface area contributed by atoms with Crippen molar-refractivity contribution in [3.05, 3.63) is 58.6 Å². The Morgan fingerprint density at radius 1 is 1.09 bits per heavy atom. The molecule has 0 atom stereocenters. The minimum absolute atomic E-state index is 0.167. The summed E-state index contributed by atoms with van der Waals surface area (Å²) in [6, 6.07) is 12.3. The summed E-state index contributed by atoms with van der Waals surface area (Å²) in [5, 5.41) is 5.63. The summed E-state index contributed by atoms with van der Waals surface area (Å²) in [4.78, 5) is 23.7. The number of anilines is 1. The van der Waals surface area contributed by atoms with E-state index in [2.05, 4.69) is 10.6 Å². The first-order chi connectivity index (χ1) is 11.0. The molecule has 0 heterocycles. The van der Waals surface area contributed by atoms with Gasteiger partial charge in [-0.25, -0.2) is 0 Å². The van der Waals surface area contributed by atoms with Crippen LogP contribution in [0.2, 0.25) is 5.02 Å². The Morgan fingerprint density at radius 2 is 1.78 bits per heavy atom. The molecule has 2 rings (SSSR count). The second-order valence-electron chi connectivity index (χ2n) is 4.96. The molecule has 0 radical (unpaired) electrons. The van der Waals surface area contributed by atoms with Gasteiger partial charge >= 0.3 is 11.8 Å². The van der Waals surface area contributed by atoms with Gasteiger partial charge in [0.05, 0.1) is 7.11 Å². The van der Waals surface area contributed by atoms with Crippen LogP contribution in [0.3, 0.4) is 0 Å². The minimum atomic E-state index is -0.721. The molecule has 2 amide bonds. The Morgan fingerprint density at radius 3 is 2.43 bits per heavy atom. The Balaban J connectivity index is 1.94. The lowest BCUT2D eigenvalue weighted by molar-refractivity contribution is -0.136. The topological polar surface area (TPSA) is 67.4 Å². The number of rotatable bonds is 4. The van der Waals surface area contributed by atoms with E-state index in [4.69, 9.17) is 16.3 Å². The van der Waals surface area contributed by atoms with Crippen LogP contribution in [-0.2, 0) is 16.1 Å². The van der Waals surface area contributed by atoms with Gasteiger partial charge in [0.15, 0.2) is 0 Å². The van der Waals surface area contributed by atoms with Crippen molar-refractivity contribution in [2.75, 3.05) is 12.4 Å². The molecule has 0 bridgehead atoms. The molecule has 0 saturated heterocycles. The van der Waals surface area contributed by atoms with Crippen molar-refractivity contribution in [2.45, 2.75) is 13.5 Å². The number of hydrogen-bond donors (Lipinski definition) is 2. The van der Waals surface area contributed by atoms with Crippen LogP contribution in [0.25, 0.3) is 0 Å². The van der Waals surface area contributed by atoms with Crippen molar-refractivity contribution in [1.82, 2.24) is 5.32 Å². The molecule has 120 valence electrons. The summed E-state index contributed by atoms with van der Waals surface area (Å²) in [6.07, 6.45) is 0. The van der Waals surface area contributed by atoms with Gasteiger partial charge in [-0.3, -0.25) is 9.59 Å². The van der Waals surface area contributed by atoms with Gasteiger partial charge in [-0.05, 0) is 31.2 Å². The van der Waals surface area contributed by atoms with E-state index >= 15 is 0 Å². The molecule has 0 spiro atoms. The van der Waals surface area contributed by atoms with E-state index in [1.807, 2.05) is 19.1 Å². The van der Waals surface area contributed by atoms with E-state index in [-0.39, 0.29) is 6.54 Å². The zero-order valence-electron chi connectivity index (χ0n) is 12.9. The molecule has 0 unspecified atom stereocenters. The van der Waals surface area contributed by atoms with E-state index in [1.54, 1.807) is 30.3 Å². The fourth-order valence-corrected chi connectivity index (χ4v) is 2.11. The lowest BCUT2D eigenvalue weighted by Crippen LogP contribution is -2.35. The third-order valence-corrected chi connectivity index (χ3v) is 3.44. The van der Waals surface area contributed by atoms with E-state index in [0.29, 0.717) is 16.5 Å². The molecule has 0 aliphatic carbocycles. The molecule has 6 heteroatoms. The average Bonchev–Trinajstić information content (AvgIpc) is 2.55. The predicted octanol–water partition coefficient (Wildman–Crippen LogP) is 2.91. The molecule has 2 N–H and O–H groups in total. The smallest absolute Gasteiger partial charge is 0.313 e. The molecule has 0 fully saturated rings. The van der Waals surface area contributed by atoms with Crippen LogP contribution in [0, 0.1) is 6.92 Å². The lowest BCUT2D eigenvalue weighted by Gasteiger charge is -2.10. The highest BCUT2D eigenvalue weighted by molar-refractivity contribution is 6.39. The Hall–Kier alpha value is -2.53. The second kappa shape index (κ2) is 7.65. The first-order valence-corrected chi connectivity index (χ1v) is 7.35. The number of amides is 2. The first kappa shape index (κ1) is 16.8. The van der Waals surface area contributed by atoms with Crippen molar-refractivity contribution in [2.24, 2.45) is 0 Å². The second-order valence-corrected chi connectivity index (χ2v) is 5.40. The van der Waals surface area contributed by atoms with Gasteiger partial charge in [-0.2, -0.15) is 0 Å². The maximum Gasteiger partial charge on any atom is 0.313 e. The van der Waals surface area contributed by atoms with Crippen molar-refractivity contribution < 1.29 is 14.3 Å². The number of nitrogens with one attached hydrogen (secondary N) is 2. The molecule has 2 aromatic rings. The largest absolute Gasteiger partial charge is 0.496 e. The lowest BCUT2D eigenvalue weighted by atomic mass is 10.2. The van der Waals surface area contributed by atoms with Gasteiger partial charge in [0.25, 0.3) is 0 Å². The third kappa shape index (κ3) is 4.72. The maximum atomic E-state index is 11.9. The zero-order chi connectivity index (χ0) is 16.8. The summed E-state index contributed by atoms with van der Waals surface area (Å²) >= 11 is 5.88. The van der Waals surface area contributed by atoms with E-state index in [9.17, 15) is 9.59 Å². The van der Waals surface area contributed by atoms with Crippen LogP contribution in [0.5, 0.6) is 5.75 Å². The summed E-state index contributed by atoms with van der Waals surface area (Å²) in [6.45, 7) is 2.11. The highest BCUT2D eigenvalue weighted by atomic mass is 35.5. The molecule has 0 aliphatic heterocycles. The first-order valence-electron chi connectivity index (χ1n) is 6.98. The number of aryl methyl sites for hydroxylation is 1. The minimum Gasteiger partial charge on any atom is -0.496 e. The van der Waals surface area contributed by atoms with Crippen LogP contribution in [0.4, 0.5) is 5.69 Å². The predicted molar refractivity (Wildman–Crippen MR) is 89.7 cm³/mol. The van der Waals surface area contributed by atoms with Crippen LogP contribution >= 0.6 is 11.6 Å². The Labute approximate surface area is 139 Å². The number of ether oxygens (including phenoxy) is 1. The molecule has 0 saturated carbocycles. The number of carbonyl (C=O) groups excluding carboxylic acids is 2. The molecular weight excluding hydrogens is 316 g/mol. The molecule has 2 aromatic carbocycles. The summed E-state index contributed by atoms with van der Waals surface area (Å²) in [5.41, 5.74) is 2.37. The van der Waals surface area contributed by atoms with Gasteiger partial charge in [0.1, 0.15) is 5.75 Å². The average molecular weight is 333 g/mol. The van der Waals surface area contributed by atoms with Crippen LogP contribution in [0.1, 0.15) is 11.1 Å². The zero-order valence-corrected chi connectivity index (χ0v) is 13.6. The highest BCUT2D eigenvalue weighted by Gasteiger charge is 2.14. The van der Waals surface area contributed by atoms with Crippen LogP contribution in [0.15, 0.2) is 42.5 Å². The number of benzene rings is 2. The molecule has 5 nitrogen and oxygen atoms in total. The van der Waals surface area contributed by atoms with Gasteiger partial charge in [-0.15, -0.1) is 0 Å². The standard InChI is InChI=1S/C17H17ClN2O3/c1-11-3-7-14(8-4-11)20-17(22)16(21)19-10-12-5-6-13(18)9-15(12)23-2/h3-9H,10H2,1-2H3,(H,19,21)(H,20,22). The van der Waals surface area contributed by atoms with Gasteiger partial charge in [0, 0.05) is 22.8 Å². The maximum absolute atomic E-state index is 11.9. The Bertz CT molecular complexity index is 714. The monoisotopic (exact) mass is 332 g/mol. The summed E-state index contributed by atoms with van der Waals surface area (Å²) in [5.74, 6) is -0.888. The number of hydrogen-bond acceptors (Lipinski definition) is 3.